The Labute approximate surface area is 218 Å². The van der Waals surface area contributed by atoms with E-state index < -0.39 is 0 Å². The lowest BCUT2D eigenvalue weighted by Crippen LogP contribution is -2.30. The van der Waals surface area contributed by atoms with Crippen molar-refractivity contribution < 1.29 is 9.59 Å². The Bertz CT molecular complexity index is 1350. The van der Waals surface area contributed by atoms with Gasteiger partial charge in [-0.2, -0.15) is 0 Å². The van der Waals surface area contributed by atoms with Crippen molar-refractivity contribution in [3.63, 3.8) is 0 Å². The fraction of sp³-hybridized carbons (Fsp3) is 0.0714. The van der Waals surface area contributed by atoms with E-state index in [-0.39, 0.29) is 17.5 Å². The summed E-state index contributed by atoms with van der Waals surface area (Å²) in [4.78, 5) is 28.0. The van der Waals surface area contributed by atoms with Crippen LogP contribution < -0.4 is 10.6 Å². The van der Waals surface area contributed by atoms with Crippen LogP contribution >= 0.6 is 34.7 Å². The number of hydrogen-bond acceptors (Lipinski definition) is 4. The number of carbonyl (C=O) groups excluding carboxylic acids is 2. The molecule has 0 saturated carbocycles. The van der Waals surface area contributed by atoms with Gasteiger partial charge >= 0.3 is 0 Å². The summed E-state index contributed by atoms with van der Waals surface area (Å²) in [7, 11) is 0. The van der Waals surface area contributed by atoms with Gasteiger partial charge in [0.05, 0.1) is 5.69 Å². The van der Waals surface area contributed by atoms with Crippen LogP contribution in [-0.4, -0.2) is 11.8 Å². The number of rotatable bonds is 8. The summed E-state index contributed by atoms with van der Waals surface area (Å²) in [5, 5.41) is 8.40. The molecule has 0 aliphatic heterocycles. The monoisotopic (exact) mass is 518 g/mol. The summed E-state index contributed by atoms with van der Waals surface area (Å²) >= 11 is 9.09. The lowest BCUT2D eigenvalue weighted by molar-refractivity contribution is -0.113. The number of carbonyl (C=O) groups is 2. The Morgan fingerprint density at radius 3 is 2.51 bits per heavy atom. The highest BCUT2D eigenvalue weighted by molar-refractivity contribution is 7.98. The van der Waals surface area contributed by atoms with Gasteiger partial charge in [-0.25, -0.2) is 0 Å². The van der Waals surface area contributed by atoms with E-state index in [0.29, 0.717) is 16.3 Å². The molecule has 176 valence electrons. The molecule has 1 aromatic heterocycles. The molecule has 35 heavy (non-hydrogen) atoms. The number of thiophene rings is 1. The van der Waals surface area contributed by atoms with Crippen LogP contribution in [-0.2, 0) is 10.5 Å². The van der Waals surface area contributed by atoms with Gasteiger partial charge in [0, 0.05) is 26.1 Å². The van der Waals surface area contributed by atoms with Gasteiger partial charge in [0.15, 0.2) is 0 Å². The molecule has 7 heteroatoms. The number of thioether (sulfide) groups is 1. The van der Waals surface area contributed by atoms with Gasteiger partial charge in [-0.1, -0.05) is 59.6 Å². The van der Waals surface area contributed by atoms with Crippen LogP contribution in [0.5, 0.6) is 0 Å². The van der Waals surface area contributed by atoms with E-state index in [2.05, 4.69) is 10.6 Å². The number of nitrogens with one attached hydrogen (secondary N) is 2. The SMILES string of the molecule is Cc1cccc(C(=O)N/C(=C\c2cccs2)C(=O)Nc2ccccc2SCc2ccc(Cl)cc2)c1. The van der Waals surface area contributed by atoms with Gasteiger partial charge < -0.3 is 10.6 Å². The number of aryl methyl sites for hydroxylation is 1. The van der Waals surface area contributed by atoms with Crippen molar-refractivity contribution in [1.29, 1.82) is 0 Å². The Morgan fingerprint density at radius 2 is 1.77 bits per heavy atom. The lowest BCUT2D eigenvalue weighted by atomic mass is 10.1. The number of para-hydroxylation sites is 1. The molecule has 0 atom stereocenters. The molecule has 2 N–H and O–H groups in total. The molecule has 0 radical (unpaired) electrons. The van der Waals surface area contributed by atoms with Crippen molar-refractivity contribution in [2.75, 3.05) is 5.32 Å². The number of amides is 2. The van der Waals surface area contributed by atoms with Crippen LogP contribution in [0.25, 0.3) is 6.08 Å². The summed E-state index contributed by atoms with van der Waals surface area (Å²) in [5.74, 6) is 0.00229. The van der Waals surface area contributed by atoms with Gasteiger partial charge in [0.25, 0.3) is 11.8 Å². The molecule has 2 amide bonds. The van der Waals surface area contributed by atoms with E-state index in [1.807, 2.05) is 85.1 Å². The summed E-state index contributed by atoms with van der Waals surface area (Å²) in [6.45, 7) is 1.92. The number of hydrogen-bond donors (Lipinski definition) is 2. The average molecular weight is 519 g/mol. The highest BCUT2D eigenvalue weighted by Crippen LogP contribution is 2.30. The lowest BCUT2D eigenvalue weighted by Gasteiger charge is -2.14. The molecule has 1 heterocycles. The molecule has 0 bridgehead atoms. The molecule has 4 rings (SSSR count). The first-order chi connectivity index (χ1) is 17.0. The fourth-order valence-electron chi connectivity index (χ4n) is 3.28. The van der Waals surface area contributed by atoms with Crippen LogP contribution in [0.3, 0.4) is 0 Å². The van der Waals surface area contributed by atoms with E-state index in [0.717, 1.165) is 26.7 Å². The highest BCUT2D eigenvalue weighted by atomic mass is 35.5. The van der Waals surface area contributed by atoms with Crippen molar-refractivity contribution in [2.45, 2.75) is 17.6 Å². The zero-order valence-electron chi connectivity index (χ0n) is 19.0. The molecular formula is C28H23ClN2O2S2. The Kier molecular flexibility index (Phi) is 8.42. The minimum Gasteiger partial charge on any atom is -0.320 e. The molecule has 0 saturated heterocycles. The molecular weight excluding hydrogens is 496 g/mol. The zero-order valence-corrected chi connectivity index (χ0v) is 21.3. The maximum absolute atomic E-state index is 13.3. The first kappa shape index (κ1) is 24.8. The standard InChI is InChI=1S/C28H23ClN2O2S2/c1-19-6-4-7-21(16-19)27(32)31-25(17-23-8-5-15-34-23)28(33)30-24-9-2-3-10-26(24)35-18-20-11-13-22(29)14-12-20/h2-17H,18H2,1H3,(H,30,33)(H,31,32)/b25-17-. The second-order valence-corrected chi connectivity index (χ2v) is 10.2. The summed E-state index contributed by atoms with van der Waals surface area (Å²) in [5.41, 5.74) is 3.45. The Hall–Kier alpha value is -3.32. The molecule has 0 aliphatic carbocycles. The first-order valence-corrected chi connectivity index (χ1v) is 13.1. The summed E-state index contributed by atoms with van der Waals surface area (Å²) < 4.78 is 0. The largest absolute Gasteiger partial charge is 0.320 e. The zero-order chi connectivity index (χ0) is 24.6. The summed E-state index contributed by atoms with van der Waals surface area (Å²) in [6.07, 6.45) is 1.69. The van der Waals surface area contributed by atoms with Crippen molar-refractivity contribution in [2.24, 2.45) is 0 Å². The first-order valence-electron chi connectivity index (χ1n) is 10.9. The van der Waals surface area contributed by atoms with Crippen molar-refractivity contribution in [3.05, 3.63) is 123 Å². The molecule has 3 aromatic carbocycles. The second-order valence-electron chi connectivity index (χ2n) is 7.76. The molecule has 4 aromatic rings. The van der Waals surface area contributed by atoms with Crippen LogP contribution in [0, 0.1) is 6.92 Å². The number of benzene rings is 3. The van der Waals surface area contributed by atoms with Crippen molar-refractivity contribution in [1.82, 2.24) is 5.32 Å². The summed E-state index contributed by atoms with van der Waals surface area (Å²) in [6, 6.07) is 26.4. The third kappa shape index (κ3) is 7.09. The van der Waals surface area contributed by atoms with Crippen LogP contribution in [0.2, 0.25) is 5.02 Å². The van der Waals surface area contributed by atoms with Crippen LogP contribution in [0.15, 0.2) is 101 Å². The van der Waals surface area contributed by atoms with Crippen LogP contribution in [0.1, 0.15) is 26.4 Å². The molecule has 0 fully saturated rings. The van der Waals surface area contributed by atoms with Crippen LogP contribution in [0.4, 0.5) is 5.69 Å². The number of halogens is 1. The maximum Gasteiger partial charge on any atom is 0.272 e. The molecule has 0 spiro atoms. The highest BCUT2D eigenvalue weighted by Gasteiger charge is 2.17. The Morgan fingerprint density at radius 1 is 0.971 bits per heavy atom. The molecule has 0 unspecified atom stereocenters. The van der Waals surface area contributed by atoms with E-state index in [4.69, 9.17) is 11.6 Å². The van der Waals surface area contributed by atoms with Gasteiger partial charge in [-0.3, -0.25) is 9.59 Å². The van der Waals surface area contributed by atoms with E-state index >= 15 is 0 Å². The van der Waals surface area contributed by atoms with Crippen molar-refractivity contribution in [3.8, 4) is 0 Å². The smallest absolute Gasteiger partial charge is 0.272 e. The average Bonchev–Trinajstić information content (AvgIpc) is 3.37. The predicted molar refractivity (Wildman–Crippen MR) is 147 cm³/mol. The number of anilines is 1. The quantitative estimate of drug-likeness (QED) is 0.188. The van der Waals surface area contributed by atoms with Gasteiger partial charge in [-0.15, -0.1) is 23.1 Å². The molecule has 4 nitrogen and oxygen atoms in total. The topological polar surface area (TPSA) is 58.2 Å². The van der Waals surface area contributed by atoms with Gasteiger partial charge in [-0.05, 0) is 66.4 Å². The van der Waals surface area contributed by atoms with E-state index in [1.165, 1.54) is 11.3 Å². The normalized spacial score (nSPS) is 11.2. The third-order valence-corrected chi connectivity index (χ3v) is 7.26. The minimum absolute atomic E-state index is 0.177. The van der Waals surface area contributed by atoms with Gasteiger partial charge in [0.1, 0.15) is 5.70 Å². The molecule has 0 aliphatic rings. The Balaban J connectivity index is 1.53. The van der Waals surface area contributed by atoms with E-state index in [9.17, 15) is 9.59 Å². The maximum atomic E-state index is 13.3. The fourth-order valence-corrected chi connectivity index (χ4v) is 5.03. The third-order valence-electron chi connectivity index (χ3n) is 5.05. The second kappa shape index (κ2) is 11.9. The van der Waals surface area contributed by atoms with Crippen molar-refractivity contribution >= 4 is 58.3 Å². The van der Waals surface area contributed by atoms with Gasteiger partial charge in [0.2, 0.25) is 0 Å². The minimum atomic E-state index is -0.390. The predicted octanol–water partition coefficient (Wildman–Crippen LogP) is 7.41. The van der Waals surface area contributed by atoms with E-state index in [1.54, 1.807) is 30.0 Å².